The number of pyridine rings is 1. The van der Waals surface area contributed by atoms with Crippen LogP contribution in [0.3, 0.4) is 0 Å². The molecule has 0 fully saturated rings. The fraction of sp³-hybridized carbons (Fsp3) is 0. The predicted molar refractivity (Wildman–Crippen MR) is 97.3 cm³/mol. The minimum absolute atomic E-state index is 0.282. The third-order valence-electron chi connectivity index (χ3n) is 3.42. The van der Waals surface area contributed by atoms with Gasteiger partial charge < -0.3 is 11.5 Å². The van der Waals surface area contributed by atoms with Gasteiger partial charge in [0.05, 0.1) is 15.7 Å². The Morgan fingerprint density at radius 3 is 2.58 bits per heavy atom. The number of carbonyl (C=O) groups is 1. The van der Waals surface area contributed by atoms with Gasteiger partial charge in [-0.1, -0.05) is 47.5 Å². The summed E-state index contributed by atoms with van der Waals surface area (Å²) in [5.74, 6) is -0.794. The molecule has 0 aliphatic heterocycles. The molecule has 0 saturated carbocycles. The number of fused-ring (bicyclic) bond motifs is 1. The van der Waals surface area contributed by atoms with Crippen LogP contribution in [0.5, 0.6) is 0 Å². The largest absolute Gasteiger partial charge is 0.370 e. The van der Waals surface area contributed by atoms with Gasteiger partial charge in [0.25, 0.3) is 5.91 Å². The summed E-state index contributed by atoms with van der Waals surface area (Å²) in [5, 5.41) is 2.62. The van der Waals surface area contributed by atoms with Crippen molar-refractivity contribution in [2.45, 2.75) is 0 Å². The molecule has 0 bridgehead atoms. The van der Waals surface area contributed by atoms with Gasteiger partial charge in [-0.25, -0.2) is 0 Å². The number of guanidine groups is 1. The molecule has 3 aromatic rings. The average molecular weight is 359 g/mol. The highest BCUT2D eigenvalue weighted by Gasteiger charge is 2.12. The van der Waals surface area contributed by atoms with Gasteiger partial charge in [0.15, 0.2) is 5.96 Å². The van der Waals surface area contributed by atoms with Crippen LogP contribution in [0.25, 0.3) is 22.0 Å². The number of hydrogen-bond acceptors (Lipinski definition) is 2. The topological polar surface area (TPSA) is 94.4 Å². The summed E-state index contributed by atoms with van der Waals surface area (Å²) in [7, 11) is 0. The van der Waals surface area contributed by atoms with Crippen molar-refractivity contribution in [3.8, 4) is 11.3 Å². The van der Waals surface area contributed by atoms with Crippen LogP contribution >= 0.6 is 23.2 Å². The number of halogens is 2. The van der Waals surface area contributed by atoms with E-state index < -0.39 is 5.91 Å². The second-order valence-corrected chi connectivity index (χ2v) is 5.91. The highest BCUT2D eigenvalue weighted by atomic mass is 35.5. The molecule has 1 amide bonds. The summed E-state index contributed by atoms with van der Waals surface area (Å²) in [5.41, 5.74) is 12.3. The summed E-state index contributed by atoms with van der Waals surface area (Å²) >= 11 is 12.2. The number of benzene rings is 2. The third kappa shape index (κ3) is 3.18. The van der Waals surface area contributed by atoms with Gasteiger partial charge in [-0.2, -0.15) is 4.99 Å². The number of hydrogen-bond donors (Lipinski definition) is 2. The SMILES string of the molecule is NC(N)=NC(=O)c1ccc2cccc(-c3ncc(Cl)cc3Cl)c2c1. The van der Waals surface area contributed by atoms with Gasteiger partial charge in [-0.15, -0.1) is 0 Å². The zero-order valence-electron chi connectivity index (χ0n) is 12.3. The van der Waals surface area contributed by atoms with Crippen LogP contribution in [0, 0.1) is 0 Å². The van der Waals surface area contributed by atoms with Crippen molar-refractivity contribution >= 4 is 45.8 Å². The van der Waals surface area contributed by atoms with E-state index in [0.717, 1.165) is 16.3 Å². The molecule has 0 radical (unpaired) electrons. The number of rotatable bonds is 2. The zero-order valence-corrected chi connectivity index (χ0v) is 13.8. The zero-order chi connectivity index (χ0) is 17.3. The molecule has 0 aliphatic carbocycles. The Kier molecular flexibility index (Phi) is 4.38. The van der Waals surface area contributed by atoms with Crippen LogP contribution < -0.4 is 11.5 Å². The molecular formula is C17H12Cl2N4O. The molecular weight excluding hydrogens is 347 g/mol. The van der Waals surface area contributed by atoms with E-state index in [9.17, 15) is 4.79 Å². The van der Waals surface area contributed by atoms with E-state index in [2.05, 4.69) is 9.98 Å². The Hall–Kier alpha value is -2.63. The first kappa shape index (κ1) is 16.2. The maximum atomic E-state index is 12.1. The Bertz CT molecular complexity index is 981. The smallest absolute Gasteiger partial charge is 0.280 e. The van der Waals surface area contributed by atoms with Gasteiger partial charge in [0.2, 0.25) is 0 Å². The number of aliphatic imine (C=N–C) groups is 1. The lowest BCUT2D eigenvalue weighted by atomic mass is 9.99. The average Bonchev–Trinajstić information content (AvgIpc) is 2.53. The lowest BCUT2D eigenvalue weighted by Crippen LogP contribution is -2.24. The standard InChI is InChI=1S/C17H12Cl2N4O/c18-11-7-14(19)15(22-8-11)12-3-1-2-9-4-5-10(6-13(9)12)16(24)23-17(20)21/h1-8H,(H4,20,21,23,24). The van der Waals surface area contributed by atoms with Crippen molar-refractivity contribution in [3.63, 3.8) is 0 Å². The minimum Gasteiger partial charge on any atom is -0.370 e. The van der Waals surface area contributed by atoms with Crippen LogP contribution in [0.4, 0.5) is 0 Å². The molecule has 120 valence electrons. The molecule has 0 unspecified atom stereocenters. The molecule has 24 heavy (non-hydrogen) atoms. The summed E-state index contributed by atoms with van der Waals surface area (Å²) in [6, 6.07) is 12.5. The summed E-state index contributed by atoms with van der Waals surface area (Å²) < 4.78 is 0. The van der Waals surface area contributed by atoms with E-state index in [-0.39, 0.29) is 5.96 Å². The highest BCUT2D eigenvalue weighted by molar-refractivity contribution is 6.36. The first-order chi connectivity index (χ1) is 11.5. The molecule has 5 nitrogen and oxygen atoms in total. The minimum atomic E-state index is -0.512. The number of nitrogens with zero attached hydrogens (tertiary/aromatic N) is 2. The number of amides is 1. The monoisotopic (exact) mass is 358 g/mol. The second-order valence-electron chi connectivity index (χ2n) is 5.07. The van der Waals surface area contributed by atoms with Crippen LogP contribution in [0.2, 0.25) is 10.0 Å². The maximum absolute atomic E-state index is 12.1. The first-order valence-electron chi connectivity index (χ1n) is 6.94. The second kappa shape index (κ2) is 6.47. The molecule has 0 atom stereocenters. The van der Waals surface area contributed by atoms with E-state index in [1.54, 1.807) is 18.2 Å². The van der Waals surface area contributed by atoms with E-state index >= 15 is 0 Å². The molecule has 0 aliphatic rings. The van der Waals surface area contributed by atoms with Gasteiger partial charge in [-0.05, 0) is 29.0 Å². The first-order valence-corrected chi connectivity index (χ1v) is 7.69. The Balaban J connectivity index is 2.22. The quantitative estimate of drug-likeness (QED) is 0.540. The molecule has 4 N–H and O–H groups in total. The van der Waals surface area contributed by atoms with Crippen LogP contribution in [-0.2, 0) is 0 Å². The van der Waals surface area contributed by atoms with Gasteiger partial charge in [0, 0.05) is 17.3 Å². The molecule has 0 saturated heterocycles. The van der Waals surface area contributed by atoms with Gasteiger partial charge in [-0.3, -0.25) is 9.78 Å². The Labute approximate surface area is 147 Å². The van der Waals surface area contributed by atoms with Crippen molar-refractivity contribution in [2.75, 3.05) is 0 Å². The molecule has 7 heteroatoms. The van der Waals surface area contributed by atoms with Crippen molar-refractivity contribution in [3.05, 3.63) is 64.3 Å². The Morgan fingerprint density at radius 1 is 1.08 bits per heavy atom. The molecule has 0 spiro atoms. The summed E-state index contributed by atoms with van der Waals surface area (Å²) in [6.07, 6.45) is 1.52. The molecule has 1 aromatic heterocycles. The molecule has 2 aromatic carbocycles. The van der Waals surface area contributed by atoms with E-state index in [4.69, 9.17) is 34.7 Å². The van der Waals surface area contributed by atoms with Crippen molar-refractivity contribution in [1.29, 1.82) is 0 Å². The lowest BCUT2D eigenvalue weighted by Gasteiger charge is -2.09. The van der Waals surface area contributed by atoms with E-state index in [0.29, 0.717) is 21.3 Å². The Morgan fingerprint density at radius 2 is 1.88 bits per heavy atom. The van der Waals surface area contributed by atoms with Crippen molar-refractivity contribution in [2.24, 2.45) is 16.5 Å². The highest BCUT2D eigenvalue weighted by Crippen LogP contribution is 2.33. The predicted octanol–water partition coefficient (Wildman–Crippen LogP) is 3.62. The normalized spacial score (nSPS) is 10.6. The number of aromatic nitrogens is 1. The van der Waals surface area contributed by atoms with Crippen LogP contribution in [0.15, 0.2) is 53.7 Å². The number of carbonyl (C=O) groups excluding carboxylic acids is 1. The lowest BCUT2D eigenvalue weighted by molar-refractivity contribution is 0.100. The fourth-order valence-electron chi connectivity index (χ4n) is 2.41. The van der Waals surface area contributed by atoms with Gasteiger partial charge >= 0.3 is 0 Å². The summed E-state index contributed by atoms with van der Waals surface area (Å²) in [6.45, 7) is 0. The fourth-order valence-corrected chi connectivity index (χ4v) is 2.89. The maximum Gasteiger partial charge on any atom is 0.280 e. The molecule has 1 heterocycles. The van der Waals surface area contributed by atoms with Crippen molar-refractivity contribution < 1.29 is 4.79 Å². The number of nitrogens with two attached hydrogens (primary N) is 2. The van der Waals surface area contributed by atoms with Crippen molar-refractivity contribution in [1.82, 2.24) is 4.98 Å². The van der Waals surface area contributed by atoms with E-state index in [1.807, 2.05) is 24.3 Å². The van der Waals surface area contributed by atoms with Crippen LogP contribution in [-0.4, -0.2) is 16.9 Å². The van der Waals surface area contributed by atoms with E-state index in [1.165, 1.54) is 6.20 Å². The molecule has 3 rings (SSSR count). The van der Waals surface area contributed by atoms with Gasteiger partial charge in [0.1, 0.15) is 0 Å². The third-order valence-corrected chi connectivity index (χ3v) is 3.92. The van der Waals surface area contributed by atoms with Crippen LogP contribution in [0.1, 0.15) is 10.4 Å². The summed E-state index contributed by atoms with van der Waals surface area (Å²) in [4.78, 5) is 19.9.